The monoisotopic (exact) mass is 237 g/mol. The fourth-order valence-corrected chi connectivity index (χ4v) is 1.96. The van der Waals surface area contributed by atoms with Gasteiger partial charge in [0.1, 0.15) is 5.82 Å². The molecule has 6 nitrogen and oxygen atoms in total. The molecular formula is C11H19N5O. The molecule has 1 aliphatic heterocycles. The number of anilines is 1. The highest BCUT2D eigenvalue weighted by atomic mass is 16.2. The van der Waals surface area contributed by atoms with Crippen molar-refractivity contribution in [3.8, 4) is 0 Å². The number of nitrogens with one attached hydrogen (secondary N) is 2. The summed E-state index contributed by atoms with van der Waals surface area (Å²) >= 11 is 0. The van der Waals surface area contributed by atoms with Crippen molar-refractivity contribution in [3.63, 3.8) is 0 Å². The number of amides is 1. The van der Waals surface area contributed by atoms with Crippen LogP contribution in [0.5, 0.6) is 0 Å². The van der Waals surface area contributed by atoms with E-state index < -0.39 is 0 Å². The first-order valence-corrected chi connectivity index (χ1v) is 5.92. The highest BCUT2D eigenvalue weighted by molar-refractivity contribution is 5.93. The predicted octanol–water partition coefficient (Wildman–Crippen LogP) is -0.348. The van der Waals surface area contributed by atoms with Gasteiger partial charge in [0.25, 0.3) is 0 Å². The molecule has 2 heterocycles. The van der Waals surface area contributed by atoms with Crippen molar-refractivity contribution in [1.29, 1.82) is 0 Å². The van der Waals surface area contributed by atoms with Gasteiger partial charge < -0.3 is 10.6 Å². The molecule has 1 aromatic heterocycles. The fourth-order valence-electron chi connectivity index (χ4n) is 1.96. The van der Waals surface area contributed by atoms with E-state index in [1.807, 2.05) is 14.0 Å². The van der Waals surface area contributed by atoms with Gasteiger partial charge in [0.05, 0.1) is 12.2 Å². The summed E-state index contributed by atoms with van der Waals surface area (Å²) in [5, 5.41) is 10.2. The Morgan fingerprint density at radius 2 is 2.24 bits per heavy atom. The van der Waals surface area contributed by atoms with E-state index >= 15 is 0 Å². The SMILES string of the molecule is CC(C(=O)Nc1ccnn1C)N1CCNCC1. The molecule has 2 rings (SSSR count). The van der Waals surface area contributed by atoms with E-state index in [4.69, 9.17) is 0 Å². The van der Waals surface area contributed by atoms with Gasteiger partial charge in [0, 0.05) is 39.3 Å². The molecule has 1 aliphatic rings. The maximum atomic E-state index is 12.0. The zero-order valence-electron chi connectivity index (χ0n) is 10.3. The third-order valence-electron chi connectivity index (χ3n) is 3.15. The minimum absolute atomic E-state index is 0.0236. The van der Waals surface area contributed by atoms with Gasteiger partial charge in [-0.25, -0.2) is 0 Å². The van der Waals surface area contributed by atoms with Crippen molar-refractivity contribution in [2.45, 2.75) is 13.0 Å². The first kappa shape index (κ1) is 12.1. The maximum Gasteiger partial charge on any atom is 0.242 e. The van der Waals surface area contributed by atoms with Crippen molar-refractivity contribution in [2.75, 3.05) is 31.5 Å². The van der Waals surface area contributed by atoms with Gasteiger partial charge in [-0.05, 0) is 6.92 Å². The van der Waals surface area contributed by atoms with E-state index in [-0.39, 0.29) is 11.9 Å². The van der Waals surface area contributed by atoms with Crippen molar-refractivity contribution in [2.24, 2.45) is 7.05 Å². The largest absolute Gasteiger partial charge is 0.314 e. The van der Waals surface area contributed by atoms with Crippen LogP contribution in [-0.2, 0) is 11.8 Å². The fraction of sp³-hybridized carbons (Fsp3) is 0.636. The van der Waals surface area contributed by atoms with E-state index in [1.165, 1.54) is 0 Å². The number of rotatable bonds is 3. The molecule has 0 aliphatic carbocycles. The maximum absolute atomic E-state index is 12.0. The third kappa shape index (κ3) is 2.83. The number of hydrogen-bond donors (Lipinski definition) is 2. The molecule has 6 heteroatoms. The van der Waals surface area contributed by atoms with E-state index in [9.17, 15) is 4.79 Å². The molecule has 1 saturated heterocycles. The van der Waals surface area contributed by atoms with Crippen LogP contribution < -0.4 is 10.6 Å². The van der Waals surface area contributed by atoms with Gasteiger partial charge in [-0.15, -0.1) is 0 Å². The van der Waals surface area contributed by atoms with Crippen molar-refractivity contribution < 1.29 is 4.79 Å². The third-order valence-corrected chi connectivity index (χ3v) is 3.15. The lowest BCUT2D eigenvalue weighted by Crippen LogP contribution is -2.51. The molecule has 0 bridgehead atoms. The van der Waals surface area contributed by atoms with Crippen molar-refractivity contribution >= 4 is 11.7 Å². The summed E-state index contributed by atoms with van der Waals surface area (Å²) in [5.74, 6) is 0.757. The van der Waals surface area contributed by atoms with Crippen LogP contribution in [0.1, 0.15) is 6.92 Å². The number of piperazine rings is 1. The topological polar surface area (TPSA) is 62.2 Å². The summed E-state index contributed by atoms with van der Waals surface area (Å²) in [5.41, 5.74) is 0. The summed E-state index contributed by atoms with van der Waals surface area (Å²) in [4.78, 5) is 14.2. The van der Waals surface area contributed by atoms with Crippen LogP contribution in [0.3, 0.4) is 0 Å². The van der Waals surface area contributed by atoms with E-state index in [2.05, 4.69) is 20.6 Å². The van der Waals surface area contributed by atoms with Crippen LogP contribution in [0.2, 0.25) is 0 Å². The number of aryl methyl sites for hydroxylation is 1. The molecule has 0 aromatic carbocycles. The Labute approximate surface area is 101 Å². The molecule has 1 amide bonds. The normalized spacial score (nSPS) is 18.9. The number of nitrogens with zero attached hydrogens (tertiary/aromatic N) is 3. The average Bonchev–Trinajstić information content (AvgIpc) is 2.75. The first-order valence-electron chi connectivity index (χ1n) is 5.92. The number of hydrogen-bond acceptors (Lipinski definition) is 4. The molecule has 0 radical (unpaired) electrons. The van der Waals surface area contributed by atoms with Crippen molar-refractivity contribution in [3.05, 3.63) is 12.3 Å². The Bertz CT molecular complexity index is 383. The number of carbonyl (C=O) groups is 1. The molecule has 0 saturated carbocycles. The standard InChI is InChI=1S/C11H19N5O/c1-9(16-7-5-12-6-8-16)11(17)14-10-3-4-13-15(10)2/h3-4,9,12H,5-8H2,1-2H3,(H,14,17). The molecule has 94 valence electrons. The smallest absolute Gasteiger partial charge is 0.242 e. The summed E-state index contributed by atoms with van der Waals surface area (Å²) < 4.78 is 1.66. The Morgan fingerprint density at radius 1 is 1.53 bits per heavy atom. The average molecular weight is 237 g/mol. The Morgan fingerprint density at radius 3 is 2.82 bits per heavy atom. The number of aromatic nitrogens is 2. The van der Waals surface area contributed by atoms with Gasteiger partial charge in [0.15, 0.2) is 0 Å². The van der Waals surface area contributed by atoms with E-state index in [0.717, 1.165) is 32.0 Å². The lowest BCUT2D eigenvalue weighted by Gasteiger charge is -2.31. The van der Waals surface area contributed by atoms with Gasteiger partial charge >= 0.3 is 0 Å². The van der Waals surface area contributed by atoms with Crippen LogP contribution in [0, 0.1) is 0 Å². The highest BCUT2D eigenvalue weighted by Crippen LogP contribution is 2.07. The summed E-state index contributed by atoms with van der Waals surface area (Å²) in [6.07, 6.45) is 1.67. The van der Waals surface area contributed by atoms with Crippen LogP contribution >= 0.6 is 0 Å². The molecule has 1 fully saturated rings. The molecule has 1 atom stereocenters. The highest BCUT2D eigenvalue weighted by Gasteiger charge is 2.23. The lowest BCUT2D eigenvalue weighted by atomic mass is 10.2. The van der Waals surface area contributed by atoms with Crippen LogP contribution in [-0.4, -0.2) is 52.8 Å². The molecule has 2 N–H and O–H groups in total. The zero-order chi connectivity index (χ0) is 12.3. The Hall–Kier alpha value is -1.40. The van der Waals surface area contributed by atoms with Gasteiger partial charge in [-0.1, -0.05) is 0 Å². The summed E-state index contributed by atoms with van der Waals surface area (Å²) in [6, 6.07) is 1.69. The van der Waals surface area contributed by atoms with Crippen LogP contribution in [0.4, 0.5) is 5.82 Å². The minimum Gasteiger partial charge on any atom is -0.314 e. The molecule has 17 heavy (non-hydrogen) atoms. The zero-order valence-corrected chi connectivity index (χ0v) is 10.3. The molecule has 1 aromatic rings. The van der Waals surface area contributed by atoms with E-state index in [0.29, 0.717) is 0 Å². The van der Waals surface area contributed by atoms with E-state index in [1.54, 1.807) is 16.9 Å². The van der Waals surface area contributed by atoms with Crippen LogP contribution in [0.25, 0.3) is 0 Å². The molecular weight excluding hydrogens is 218 g/mol. The quantitative estimate of drug-likeness (QED) is 0.754. The second kappa shape index (κ2) is 5.29. The lowest BCUT2D eigenvalue weighted by molar-refractivity contribution is -0.121. The Kier molecular flexibility index (Phi) is 3.75. The minimum atomic E-state index is -0.105. The van der Waals surface area contributed by atoms with Crippen molar-refractivity contribution in [1.82, 2.24) is 20.0 Å². The van der Waals surface area contributed by atoms with Crippen LogP contribution in [0.15, 0.2) is 12.3 Å². The molecule has 1 unspecified atom stereocenters. The second-order valence-electron chi connectivity index (χ2n) is 4.29. The predicted molar refractivity (Wildman–Crippen MR) is 65.7 cm³/mol. The second-order valence-corrected chi connectivity index (χ2v) is 4.29. The van der Waals surface area contributed by atoms with Gasteiger partial charge in [0.2, 0.25) is 5.91 Å². The summed E-state index contributed by atoms with van der Waals surface area (Å²) in [6.45, 7) is 5.67. The summed E-state index contributed by atoms with van der Waals surface area (Å²) in [7, 11) is 1.81. The first-order chi connectivity index (χ1) is 8.18. The number of carbonyl (C=O) groups excluding carboxylic acids is 1. The molecule has 0 spiro atoms. The Balaban J connectivity index is 1.93. The van der Waals surface area contributed by atoms with Gasteiger partial charge in [-0.2, -0.15) is 5.10 Å². The van der Waals surface area contributed by atoms with Gasteiger partial charge in [-0.3, -0.25) is 14.4 Å².